The maximum atomic E-state index is 12.9. The molecular formula is C21H19N5O3. The normalized spacial score (nSPS) is 18.6. The number of carbonyl (C=O) groups is 3. The molecule has 1 aliphatic heterocycles. The number of carbonyl (C=O) groups excluding carboxylic acids is 3. The summed E-state index contributed by atoms with van der Waals surface area (Å²) >= 11 is 0. The highest BCUT2D eigenvalue weighted by atomic mass is 16.2. The average molecular weight is 389 g/mol. The lowest BCUT2D eigenvalue weighted by Gasteiger charge is -2.21. The minimum absolute atomic E-state index is 0.245. The fourth-order valence-electron chi connectivity index (χ4n) is 3.21. The van der Waals surface area contributed by atoms with E-state index in [-0.39, 0.29) is 5.56 Å². The monoisotopic (exact) mass is 389 g/mol. The summed E-state index contributed by atoms with van der Waals surface area (Å²) in [6.07, 6.45) is 2.96. The van der Waals surface area contributed by atoms with Crippen molar-refractivity contribution >= 4 is 17.8 Å². The van der Waals surface area contributed by atoms with E-state index in [0.29, 0.717) is 17.1 Å². The lowest BCUT2D eigenvalue weighted by Crippen LogP contribution is -2.47. The second-order valence-electron chi connectivity index (χ2n) is 6.91. The van der Waals surface area contributed by atoms with Crippen molar-refractivity contribution in [3.63, 3.8) is 0 Å². The molecule has 2 N–H and O–H groups in total. The summed E-state index contributed by atoms with van der Waals surface area (Å²) in [5.41, 5.74) is 3.04. The molecule has 0 bridgehead atoms. The van der Waals surface area contributed by atoms with E-state index in [1.807, 2.05) is 36.4 Å². The van der Waals surface area contributed by atoms with Gasteiger partial charge >= 0.3 is 6.03 Å². The average Bonchev–Trinajstić information content (AvgIpc) is 3.28. The van der Waals surface area contributed by atoms with Gasteiger partial charge in [-0.15, -0.1) is 0 Å². The van der Waals surface area contributed by atoms with Gasteiger partial charge in [-0.05, 0) is 18.1 Å². The van der Waals surface area contributed by atoms with E-state index < -0.39 is 23.4 Å². The zero-order valence-electron chi connectivity index (χ0n) is 15.7. The fraction of sp³-hybridized carbons (Fsp3) is 0.143. The summed E-state index contributed by atoms with van der Waals surface area (Å²) in [5.74, 6) is -1.15. The van der Waals surface area contributed by atoms with E-state index in [4.69, 9.17) is 0 Å². The molecule has 0 saturated carbocycles. The second kappa shape index (κ2) is 7.23. The number of nitrogens with zero attached hydrogens (tertiary/aromatic N) is 3. The van der Waals surface area contributed by atoms with Crippen LogP contribution in [-0.4, -0.2) is 32.6 Å². The van der Waals surface area contributed by atoms with Crippen molar-refractivity contribution in [3.8, 4) is 0 Å². The van der Waals surface area contributed by atoms with Crippen LogP contribution in [0, 0.1) is 0 Å². The van der Waals surface area contributed by atoms with Crippen LogP contribution >= 0.6 is 0 Å². The number of urea groups is 1. The predicted octanol–water partition coefficient (Wildman–Crippen LogP) is 2.04. The van der Waals surface area contributed by atoms with Gasteiger partial charge in [-0.1, -0.05) is 60.7 Å². The van der Waals surface area contributed by atoms with E-state index in [2.05, 4.69) is 15.8 Å². The number of nitrogens with one attached hydrogen (secondary N) is 2. The Morgan fingerprint density at radius 2 is 1.72 bits per heavy atom. The van der Waals surface area contributed by atoms with Crippen LogP contribution in [0.2, 0.25) is 0 Å². The largest absolute Gasteiger partial charge is 0.344 e. The van der Waals surface area contributed by atoms with Crippen LogP contribution in [0.25, 0.3) is 0 Å². The van der Waals surface area contributed by atoms with Crippen LogP contribution in [0.1, 0.15) is 28.4 Å². The summed E-state index contributed by atoms with van der Waals surface area (Å²) in [6, 6.07) is 17.9. The molecule has 0 spiro atoms. The van der Waals surface area contributed by atoms with Gasteiger partial charge in [0.1, 0.15) is 5.54 Å². The highest BCUT2D eigenvalue weighted by molar-refractivity contribution is 6.09. The van der Waals surface area contributed by atoms with E-state index in [0.717, 1.165) is 5.56 Å². The summed E-state index contributed by atoms with van der Waals surface area (Å²) in [4.78, 5) is 37.8. The first-order chi connectivity index (χ1) is 14.0. The zero-order chi connectivity index (χ0) is 20.4. The first-order valence-corrected chi connectivity index (χ1v) is 9.07. The van der Waals surface area contributed by atoms with Gasteiger partial charge in [-0.3, -0.25) is 19.7 Å². The molecule has 4 rings (SSSR count). The third-order valence-corrected chi connectivity index (χ3v) is 4.84. The third-order valence-electron chi connectivity index (χ3n) is 4.84. The van der Waals surface area contributed by atoms with Gasteiger partial charge in [0.05, 0.1) is 18.3 Å². The maximum absolute atomic E-state index is 12.9. The number of aromatic nitrogens is 2. The molecule has 0 unspecified atom stereocenters. The number of benzene rings is 2. The predicted molar refractivity (Wildman–Crippen MR) is 104 cm³/mol. The Labute approximate surface area is 167 Å². The molecule has 3 aromatic rings. The Bertz CT molecular complexity index is 1060. The lowest BCUT2D eigenvalue weighted by molar-refractivity contribution is -0.132. The van der Waals surface area contributed by atoms with E-state index in [9.17, 15) is 14.4 Å². The molecule has 1 atom stereocenters. The van der Waals surface area contributed by atoms with Crippen molar-refractivity contribution in [2.24, 2.45) is 0 Å². The number of hydrogen-bond donors (Lipinski definition) is 2. The minimum atomic E-state index is -1.25. The van der Waals surface area contributed by atoms with E-state index in [1.165, 1.54) is 6.20 Å². The summed E-state index contributed by atoms with van der Waals surface area (Å²) < 4.78 is 1.62. The Morgan fingerprint density at radius 1 is 1.07 bits per heavy atom. The SMILES string of the molecule is C[C@@]1(c2ccccc2)NC(=O)N(NC(=O)c2cnn(Cc3ccccc3)c2)C1=O. The Hall–Kier alpha value is -3.94. The van der Waals surface area contributed by atoms with Crippen molar-refractivity contribution in [3.05, 3.63) is 89.7 Å². The van der Waals surface area contributed by atoms with Crippen molar-refractivity contribution in [1.29, 1.82) is 0 Å². The zero-order valence-corrected chi connectivity index (χ0v) is 15.7. The van der Waals surface area contributed by atoms with Gasteiger partial charge in [0.2, 0.25) is 0 Å². The molecule has 29 heavy (non-hydrogen) atoms. The molecule has 146 valence electrons. The molecule has 4 amide bonds. The molecule has 1 aliphatic rings. The standard InChI is InChI=1S/C21H19N5O3/c1-21(17-10-6-3-7-11-17)19(28)26(20(29)23-21)24-18(27)16-12-22-25(14-16)13-15-8-4-2-5-9-15/h2-12,14H,13H2,1H3,(H,23,29)(H,24,27)/t21-/m0/s1. The summed E-state index contributed by atoms with van der Waals surface area (Å²) in [5, 5.41) is 7.53. The molecule has 1 aromatic heterocycles. The minimum Gasteiger partial charge on any atom is -0.318 e. The number of amides is 4. The topological polar surface area (TPSA) is 96.3 Å². The van der Waals surface area contributed by atoms with Gasteiger partial charge in [-0.2, -0.15) is 10.1 Å². The van der Waals surface area contributed by atoms with Crippen molar-refractivity contribution < 1.29 is 14.4 Å². The molecule has 2 heterocycles. The van der Waals surface area contributed by atoms with Crippen LogP contribution in [-0.2, 0) is 16.9 Å². The lowest BCUT2D eigenvalue weighted by atomic mass is 9.92. The van der Waals surface area contributed by atoms with Crippen LogP contribution in [0.3, 0.4) is 0 Å². The smallest absolute Gasteiger partial charge is 0.318 e. The van der Waals surface area contributed by atoms with Gasteiger partial charge < -0.3 is 5.32 Å². The fourth-order valence-corrected chi connectivity index (χ4v) is 3.21. The Kier molecular flexibility index (Phi) is 4.59. The summed E-state index contributed by atoms with van der Waals surface area (Å²) in [7, 11) is 0. The van der Waals surface area contributed by atoms with Crippen LogP contribution in [0.15, 0.2) is 73.1 Å². The number of hydrogen-bond acceptors (Lipinski definition) is 4. The van der Waals surface area contributed by atoms with Crippen molar-refractivity contribution in [1.82, 2.24) is 25.5 Å². The van der Waals surface area contributed by atoms with Crippen LogP contribution < -0.4 is 10.7 Å². The van der Waals surface area contributed by atoms with Gasteiger partial charge in [0.15, 0.2) is 0 Å². The van der Waals surface area contributed by atoms with Crippen LogP contribution in [0.5, 0.6) is 0 Å². The molecule has 1 fully saturated rings. The first kappa shape index (κ1) is 18.4. The second-order valence-corrected chi connectivity index (χ2v) is 6.91. The third kappa shape index (κ3) is 3.47. The van der Waals surface area contributed by atoms with Gasteiger partial charge in [0.25, 0.3) is 11.8 Å². The number of hydrazine groups is 1. The number of rotatable bonds is 5. The Balaban J connectivity index is 1.47. The van der Waals surface area contributed by atoms with Crippen molar-refractivity contribution in [2.75, 3.05) is 0 Å². The van der Waals surface area contributed by atoms with Gasteiger partial charge in [-0.25, -0.2) is 4.79 Å². The molecule has 2 aromatic carbocycles. The molecule has 0 radical (unpaired) electrons. The van der Waals surface area contributed by atoms with E-state index in [1.54, 1.807) is 42.1 Å². The highest BCUT2D eigenvalue weighted by Crippen LogP contribution is 2.27. The first-order valence-electron chi connectivity index (χ1n) is 9.07. The highest BCUT2D eigenvalue weighted by Gasteiger charge is 2.50. The maximum Gasteiger partial charge on any atom is 0.344 e. The van der Waals surface area contributed by atoms with Crippen molar-refractivity contribution in [2.45, 2.75) is 19.0 Å². The van der Waals surface area contributed by atoms with Gasteiger partial charge in [0, 0.05) is 6.20 Å². The van der Waals surface area contributed by atoms with Crippen LogP contribution in [0.4, 0.5) is 4.79 Å². The Morgan fingerprint density at radius 3 is 2.41 bits per heavy atom. The summed E-state index contributed by atoms with van der Waals surface area (Å²) in [6.45, 7) is 2.11. The van der Waals surface area contributed by atoms with E-state index >= 15 is 0 Å². The molecule has 8 nitrogen and oxygen atoms in total. The molecule has 8 heteroatoms. The molecule has 0 aliphatic carbocycles. The molecule has 1 saturated heterocycles. The molecular weight excluding hydrogens is 370 g/mol. The quantitative estimate of drug-likeness (QED) is 0.653. The number of imide groups is 1.